The molecule has 0 fully saturated rings. The number of ether oxygens (including phenoxy) is 1. The Bertz CT molecular complexity index is 545. The Morgan fingerprint density at radius 3 is 2.70 bits per heavy atom. The van der Waals surface area contributed by atoms with Crippen molar-refractivity contribution in [3.8, 4) is 5.75 Å². The van der Waals surface area contributed by atoms with Crippen LogP contribution in [0.3, 0.4) is 0 Å². The number of rotatable bonds is 8. The van der Waals surface area contributed by atoms with Gasteiger partial charge in [-0.25, -0.2) is 13.1 Å². The number of nitrogens with two attached hydrogens (primary N) is 1. The molecule has 7 nitrogen and oxygen atoms in total. The number of para-hydroxylation sites is 2. The molecule has 0 heterocycles. The molecule has 0 spiro atoms. The summed E-state index contributed by atoms with van der Waals surface area (Å²) >= 11 is 0. The van der Waals surface area contributed by atoms with Crippen LogP contribution in [0.4, 0.5) is 5.69 Å². The van der Waals surface area contributed by atoms with Crippen molar-refractivity contribution in [2.75, 3.05) is 31.2 Å². The van der Waals surface area contributed by atoms with Crippen molar-refractivity contribution in [2.24, 2.45) is 0 Å². The summed E-state index contributed by atoms with van der Waals surface area (Å²) in [5.74, 6) is -0.150. The van der Waals surface area contributed by atoms with Crippen molar-refractivity contribution < 1.29 is 17.9 Å². The van der Waals surface area contributed by atoms with Gasteiger partial charge in [-0.2, -0.15) is 0 Å². The zero-order valence-electron chi connectivity index (χ0n) is 11.3. The second kappa shape index (κ2) is 7.71. The van der Waals surface area contributed by atoms with Crippen LogP contribution < -0.4 is 20.5 Å². The first-order valence-corrected chi connectivity index (χ1v) is 7.81. The number of carbonyl (C=O) groups excluding carboxylic acids is 1. The summed E-state index contributed by atoms with van der Waals surface area (Å²) in [6, 6.07) is 6.81. The Balaban J connectivity index is 2.30. The molecule has 0 atom stereocenters. The largest absolute Gasteiger partial charge is 0.482 e. The summed E-state index contributed by atoms with van der Waals surface area (Å²) in [6.07, 6.45) is 0. The van der Waals surface area contributed by atoms with E-state index in [2.05, 4.69) is 10.0 Å². The van der Waals surface area contributed by atoms with Gasteiger partial charge in [-0.1, -0.05) is 19.1 Å². The van der Waals surface area contributed by atoms with Gasteiger partial charge < -0.3 is 15.8 Å². The Labute approximate surface area is 118 Å². The zero-order valence-corrected chi connectivity index (χ0v) is 12.1. The van der Waals surface area contributed by atoms with Crippen LogP contribution in [0.25, 0.3) is 0 Å². The molecule has 0 unspecified atom stereocenters. The van der Waals surface area contributed by atoms with Crippen molar-refractivity contribution in [3.05, 3.63) is 24.3 Å². The molecule has 0 saturated carbocycles. The van der Waals surface area contributed by atoms with Crippen molar-refractivity contribution in [1.29, 1.82) is 0 Å². The molecular weight excluding hydrogens is 282 g/mol. The first-order valence-electron chi connectivity index (χ1n) is 6.16. The molecule has 1 rings (SSSR count). The van der Waals surface area contributed by atoms with Gasteiger partial charge in [0.15, 0.2) is 6.61 Å². The van der Waals surface area contributed by atoms with Gasteiger partial charge in [0, 0.05) is 13.1 Å². The molecule has 8 heteroatoms. The standard InChI is InChI=1S/C12H19N3O4S/c1-2-15-20(17,18)8-7-14-12(16)9-19-11-6-4-3-5-10(11)13/h3-6,15H,2,7-9,13H2,1H3,(H,14,16). The Kier molecular flexibility index (Phi) is 6.26. The minimum atomic E-state index is -3.33. The lowest BCUT2D eigenvalue weighted by Gasteiger charge is -2.09. The number of hydrogen-bond donors (Lipinski definition) is 3. The minimum Gasteiger partial charge on any atom is -0.482 e. The SMILES string of the molecule is CCNS(=O)(=O)CCNC(=O)COc1ccccc1N. The third-order valence-electron chi connectivity index (χ3n) is 2.33. The molecule has 1 aromatic rings. The van der Waals surface area contributed by atoms with Crippen LogP contribution in [0.15, 0.2) is 24.3 Å². The lowest BCUT2D eigenvalue weighted by atomic mass is 10.3. The number of nitrogens with one attached hydrogen (secondary N) is 2. The second-order valence-electron chi connectivity index (χ2n) is 3.99. The number of carbonyl (C=O) groups is 1. The van der Waals surface area contributed by atoms with E-state index in [0.29, 0.717) is 18.0 Å². The van der Waals surface area contributed by atoms with E-state index in [9.17, 15) is 13.2 Å². The topological polar surface area (TPSA) is 111 Å². The fraction of sp³-hybridized carbons (Fsp3) is 0.417. The van der Waals surface area contributed by atoms with Crippen LogP contribution >= 0.6 is 0 Å². The molecule has 112 valence electrons. The maximum absolute atomic E-state index is 11.5. The zero-order chi connectivity index (χ0) is 15.0. The van der Waals surface area contributed by atoms with Crippen LogP contribution in [0.1, 0.15) is 6.92 Å². The molecule has 0 aromatic heterocycles. The van der Waals surface area contributed by atoms with Crippen LogP contribution in [0.2, 0.25) is 0 Å². The van der Waals surface area contributed by atoms with Crippen LogP contribution in [-0.2, 0) is 14.8 Å². The minimum absolute atomic E-state index is 0.0296. The van der Waals surface area contributed by atoms with Crippen LogP contribution in [-0.4, -0.2) is 39.8 Å². The van der Waals surface area contributed by atoms with E-state index < -0.39 is 15.9 Å². The molecule has 0 aliphatic rings. The van der Waals surface area contributed by atoms with Gasteiger partial charge in [0.25, 0.3) is 5.91 Å². The number of sulfonamides is 1. The van der Waals surface area contributed by atoms with Gasteiger partial charge >= 0.3 is 0 Å². The van der Waals surface area contributed by atoms with Gasteiger partial charge in [-0.15, -0.1) is 0 Å². The molecule has 0 saturated heterocycles. The fourth-order valence-corrected chi connectivity index (χ4v) is 2.38. The van der Waals surface area contributed by atoms with Crippen molar-refractivity contribution in [1.82, 2.24) is 10.0 Å². The second-order valence-corrected chi connectivity index (χ2v) is 5.92. The van der Waals surface area contributed by atoms with E-state index in [1.54, 1.807) is 31.2 Å². The summed E-state index contributed by atoms with van der Waals surface area (Å²) in [4.78, 5) is 11.5. The molecule has 0 aliphatic carbocycles. The van der Waals surface area contributed by atoms with Gasteiger partial charge in [0.05, 0.1) is 11.4 Å². The quantitative estimate of drug-likeness (QED) is 0.571. The third kappa shape index (κ3) is 5.89. The fourth-order valence-electron chi connectivity index (χ4n) is 1.42. The maximum Gasteiger partial charge on any atom is 0.257 e. The highest BCUT2D eigenvalue weighted by Gasteiger charge is 2.09. The van der Waals surface area contributed by atoms with E-state index in [0.717, 1.165) is 0 Å². The number of amides is 1. The van der Waals surface area contributed by atoms with Crippen molar-refractivity contribution in [2.45, 2.75) is 6.92 Å². The van der Waals surface area contributed by atoms with Crippen molar-refractivity contribution >= 4 is 21.6 Å². The highest BCUT2D eigenvalue weighted by atomic mass is 32.2. The summed E-state index contributed by atoms with van der Waals surface area (Å²) in [7, 11) is -3.33. The first kappa shape index (κ1) is 16.3. The predicted molar refractivity (Wildman–Crippen MR) is 76.8 cm³/mol. The number of benzene rings is 1. The van der Waals surface area contributed by atoms with Gasteiger partial charge in [0.2, 0.25) is 10.0 Å². The number of nitrogen functional groups attached to an aromatic ring is 1. The van der Waals surface area contributed by atoms with E-state index >= 15 is 0 Å². The summed E-state index contributed by atoms with van der Waals surface area (Å²) < 4.78 is 30.2. The van der Waals surface area contributed by atoms with Crippen LogP contribution in [0, 0.1) is 0 Å². The molecule has 0 radical (unpaired) electrons. The Morgan fingerprint density at radius 1 is 1.35 bits per heavy atom. The highest BCUT2D eigenvalue weighted by Crippen LogP contribution is 2.19. The normalized spacial score (nSPS) is 11.1. The summed E-state index contributed by atoms with van der Waals surface area (Å²) in [5, 5.41) is 2.46. The highest BCUT2D eigenvalue weighted by molar-refractivity contribution is 7.89. The Hall–Kier alpha value is -1.80. The maximum atomic E-state index is 11.5. The van der Waals surface area contributed by atoms with Gasteiger partial charge in [-0.05, 0) is 12.1 Å². The molecule has 20 heavy (non-hydrogen) atoms. The number of hydrogen-bond acceptors (Lipinski definition) is 5. The summed E-state index contributed by atoms with van der Waals surface area (Å²) in [6.45, 7) is 1.83. The molecule has 0 aliphatic heterocycles. The average Bonchev–Trinajstić information content (AvgIpc) is 2.37. The smallest absolute Gasteiger partial charge is 0.257 e. The lowest BCUT2D eigenvalue weighted by molar-refractivity contribution is -0.122. The van der Waals surface area contributed by atoms with E-state index in [1.807, 2.05) is 0 Å². The average molecular weight is 301 g/mol. The third-order valence-corrected chi connectivity index (χ3v) is 3.81. The van der Waals surface area contributed by atoms with Crippen molar-refractivity contribution in [3.63, 3.8) is 0 Å². The van der Waals surface area contributed by atoms with E-state index in [-0.39, 0.29) is 18.9 Å². The molecule has 1 amide bonds. The van der Waals surface area contributed by atoms with Gasteiger partial charge in [0.1, 0.15) is 5.75 Å². The lowest BCUT2D eigenvalue weighted by Crippen LogP contribution is -2.36. The first-order chi connectivity index (χ1) is 9.44. The number of anilines is 1. The van der Waals surface area contributed by atoms with Crippen LogP contribution in [0.5, 0.6) is 5.75 Å². The predicted octanol–water partition coefficient (Wildman–Crippen LogP) is -0.297. The molecule has 1 aromatic carbocycles. The van der Waals surface area contributed by atoms with E-state index in [1.165, 1.54) is 0 Å². The summed E-state index contributed by atoms with van der Waals surface area (Å²) in [5.41, 5.74) is 6.09. The molecule has 0 bridgehead atoms. The molecule has 4 N–H and O–H groups in total. The Morgan fingerprint density at radius 2 is 2.05 bits per heavy atom. The monoisotopic (exact) mass is 301 g/mol. The molecular formula is C12H19N3O4S. The van der Waals surface area contributed by atoms with E-state index in [4.69, 9.17) is 10.5 Å². The van der Waals surface area contributed by atoms with Gasteiger partial charge in [-0.3, -0.25) is 4.79 Å².